The molecule has 1 fully saturated rings. The fraction of sp³-hybridized carbons (Fsp3) is 0.667. The van der Waals surface area contributed by atoms with Crippen LogP contribution in [0, 0.1) is 16.7 Å². The normalized spacial score (nSPS) is 34.3. The zero-order valence-electron chi connectivity index (χ0n) is 22.6. The lowest BCUT2D eigenvalue weighted by molar-refractivity contribution is -0.187. The third-order valence-electron chi connectivity index (χ3n) is 9.36. The summed E-state index contributed by atoms with van der Waals surface area (Å²) in [6.07, 6.45) is 9.85. The summed E-state index contributed by atoms with van der Waals surface area (Å²) in [5, 5.41) is 11.6. The van der Waals surface area contributed by atoms with Crippen molar-refractivity contribution in [3.05, 3.63) is 34.9 Å². The monoisotopic (exact) mass is 512 g/mol. The van der Waals surface area contributed by atoms with Crippen LogP contribution >= 0.6 is 0 Å². The SMILES string of the molecule is CCCCCC(=O)OCC(=O)[C@@]1(OC(=O)CC)CC[C@H]2C3=C([C@@H](O)C[C@@]21C)[C@@]1(C)C=CC(=O)C=C1CC3. The number of ether oxygens (including phenoxy) is 2. The molecule has 5 atom stereocenters. The summed E-state index contributed by atoms with van der Waals surface area (Å²) in [4.78, 5) is 50.7. The largest absolute Gasteiger partial charge is 0.457 e. The molecule has 0 heterocycles. The number of aliphatic hydroxyl groups is 1. The predicted molar refractivity (Wildman–Crippen MR) is 137 cm³/mol. The Bertz CT molecular complexity index is 1080. The summed E-state index contributed by atoms with van der Waals surface area (Å²) in [7, 11) is 0. The molecule has 0 amide bonds. The van der Waals surface area contributed by atoms with Crippen molar-refractivity contribution in [2.45, 2.75) is 104 Å². The number of allylic oxidation sites excluding steroid dienone is 5. The summed E-state index contributed by atoms with van der Waals surface area (Å²) in [6, 6.07) is 0. The maximum atomic E-state index is 13.8. The lowest BCUT2D eigenvalue weighted by Gasteiger charge is -2.53. The first-order chi connectivity index (χ1) is 17.5. The number of carbonyl (C=O) groups is 4. The van der Waals surface area contributed by atoms with Gasteiger partial charge in [0.05, 0.1) is 6.10 Å². The molecule has 202 valence electrons. The van der Waals surface area contributed by atoms with Crippen LogP contribution in [0.2, 0.25) is 0 Å². The number of hydrogen-bond acceptors (Lipinski definition) is 7. The van der Waals surface area contributed by atoms with Crippen LogP contribution in [0.25, 0.3) is 0 Å². The molecule has 7 heteroatoms. The molecule has 0 radical (unpaired) electrons. The zero-order valence-corrected chi connectivity index (χ0v) is 22.6. The van der Waals surface area contributed by atoms with E-state index in [1.165, 1.54) is 0 Å². The molecule has 0 spiro atoms. The van der Waals surface area contributed by atoms with Crippen molar-refractivity contribution in [3.8, 4) is 0 Å². The Morgan fingerprint density at radius 2 is 1.86 bits per heavy atom. The Labute approximate surface area is 219 Å². The quantitative estimate of drug-likeness (QED) is 0.271. The molecule has 0 aliphatic heterocycles. The van der Waals surface area contributed by atoms with Gasteiger partial charge < -0.3 is 14.6 Å². The standard InChI is InChI=1S/C30H40O7/c1-5-7-8-9-26(35)36-18-24(33)30(37-25(34)6-2)15-13-22-21-11-10-19-16-20(31)12-14-28(19,3)27(21)23(32)17-29(22,30)4/h12,14,16,22-23,32H,5-11,13,15,17-18H2,1-4H3/t22-,23-,28-,29-,30-/m0/s1. The molecule has 0 unspecified atom stereocenters. The van der Waals surface area contributed by atoms with E-state index in [0.717, 1.165) is 29.6 Å². The number of aliphatic hydroxyl groups excluding tert-OH is 1. The van der Waals surface area contributed by atoms with E-state index >= 15 is 0 Å². The van der Waals surface area contributed by atoms with E-state index in [1.54, 1.807) is 19.1 Å². The van der Waals surface area contributed by atoms with Gasteiger partial charge >= 0.3 is 11.9 Å². The van der Waals surface area contributed by atoms with Gasteiger partial charge in [0.1, 0.15) is 0 Å². The van der Waals surface area contributed by atoms with Gasteiger partial charge in [-0.25, -0.2) is 0 Å². The Kier molecular flexibility index (Phi) is 7.67. The van der Waals surface area contributed by atoms with Crippen LogP contribution in [0.4, 0.5) is 0 Å². The van der Waals surface area contributed by atoms with Gasteiger partial charge in [0.2, 0.25) is 5.78 Å². The number of carbonyl (C=O) groups excluding carboxylic acids is 4. The number of Topliss-reactive ketones (excluding diaryl/α,β-unsaturated/α-hetero) is 1. The third-order valence-corrected chi connectivity index (χ3v) is 9.36. The van der Waals surface area contributed by atoms with Crippen molar-refractivity contribution in [2.24, 2.45) is 16.7 Å². The Hall–Kier alpha value is -2.54. The molecule has 0 aromatic carbocycles. The Balaban J connectivity index is 1.67. The Morgan fingerprint density at radius 3 is 2.57 bits per heavy atom. The lowest BCUT2D eigenvalue weighted by atomic mass is 9.52. The molecule has 0 aromatic heterocycles. The van der Waals surface area contributed by atoms with Gasteiger partial charge in [-0.3, -0.25) is 19.2 Å². The number of fused-ring (bicyclic) bond motifs is 4. The minimum absolute atomic E-state index is 0.0344. The number of hydrogen-bond donors (Lipinski definition) is 1. The second kappa shape index (κ2) is 10.3. The van der Waals surface area contributed by atoms with Gasteiger partial charge in [-0.05, 0) is 69.1 Å². The van der Waals surface area contributed by atoms with Crippen LogP contribution in [0.5, 0.6) is 0 Å². The first-order valence-corrected chi connectivity index (χ1v) is 13.8. The van der Waals surface area contributed by atoms with Crippen molar-refractivity contribution in [1.82, 2.24) is 0 Å². The minimum Gasteiger partial charge on any atom is -0.457 e. The smallest absolute Gasteiger partial charge is 0.306 e. The lowest BCUT2D eigenvalue weighted by Crippen LogP contribution is -2.59. The Morgan fingerprint density at radius 1 is 1.11 bits per heavy atom. The van der Waals surface area contributed by atoms with Crippen LogP contribution in [-0.4, -0.2) is 46.9 Å². The van der Waals surface area contributed by atoms with E-state index in [4.69, 9.17) is 9.47 Å². The number of esters is 2. The van der Waals surface area contributed by atoms with Gasteiger partial charge in [-0.2, -0.15) is 0 Å². The number of unbranched alkanes of at least 4 members (excludes halogenated alkanes) is 2. The van der Waals surface area contributed by atoms with Crippen LogP contribution < -0.4 is 0 Å². The van der Waals surface area contributed by atoms with Gasteiger partial charge in [0.25, 0.3) is 0 Å². The van der Waals surface area contributed by atoms with Crippen molar-refractivity contribution < 1.29 is 33.8 Å². The van der Waals surface area contributed by atoms with Crippen molar-refractivity contribution in [3.63, 3.8) is 0 Å². The molecule has 0 bridgehead atoms. The average Bonchev–Trinajstić information content (AvgIpc) is 3.15. The highest BCUT2D eigenvalue weighted by Crippen LogP contribution is 2.65. The maximum absolute atomic E-state index is 13.8. The van der Waals surface area contributed by atoms with Crippen molar-refractivity contribution >= 4 is 23.5 Å². The van der Waals surface area contributed by atoms with E-state index in [-0.39, 0.29) is 31.0 Å². The van der Waals surface area contributed by atoms with E-state index in [9.17, 15) is 24.3 Å². The van der Waals surface area contributed by atoms with Gasteiger partial charge in [0.15, 0.2) is 18.0 Å². The van der Waals surface area contributed by atoms with E-state index < -0.39 is 46.9 Å². The van der Waals surface area contributed by atoms with E-state index in [1.807, 2.05) is 26.8 Å². The highest BCUT2D eigenvalue weighted by molar-refractivity contribution is 6.01. The zero-order chi connectivity index (χ0) is 27.0. The summed E-state index contributed by atoms with van der Waals surface area (Å²) in [6.45, 7) is 7.28. The molecule has 4 aliphatic rings. The van der Waals surface area contributed by atoms with Gasteiger partial charge in [0, 0.05) is 23.7 Å². The van der Waals surface area contributed by atoms with Crippen LogP contribution in [0.3, 0.4) is 0 Å². The topological polar surface area (TPSA) is 107 Å². The molecule has 1 N–H and O–H groups in total. The fourth-order valence-corrected chi connectivity index (χ4v) is 7.39. The summed E-state index contributed by atoms with van der Waals surface area (Å²) in [5.41, 5.74) is 0.194. The molecule has 4 aliphatic carbocycles. The fourth-order valence-electron chi connectivity index (χ4n) is 7.39. The van der Waals surface area contributed by atoms with Crippen molar-refractivity contribution in [1.29, 1.82) is 0 Å². The third kappa shape index (κ3) is 4.53. The maximum Gasteiger partial charge on any atom is 0.306 e. The summed E-state index contributed by atoms with van der Waals surface area (Å²) < 4.78 is 11.4. The first-order valence-electron chi connectivity index (χ1n) is 13.8. The molecule has 1 saturated carbocycles. The van der Waals surface area contributed by atoms with Crippen LogP contribution in [0.1, 0.15) is 91.9 Å². The van der Waals surface area contributed by atoms with Gasteiger partial charge in [-0.15, -0.1) is 0 Å². The summed E-state index contributed by atoms with van der Waals surface area (Å²) >= 11 is 0. The van der Waals surface area contributed by atoms with E-state index in [0.29, 0.717) is 32.1 Å². The first kappa shape index (κ1) is 27.5. The molecular formula is C30H40O7. The molecule has 7 nitrogen and oxygen atoms in total. The molecule has 0 aromatic rings. The minimum atomic E-state index is -1.47. The van der Waals surface area contributed by atoms with Crippen LogP contribution in [-0.2, 0) is 28.7 Å². The highest BCUT2D eigenvalue weighted by atomic mass is 16.6. The average molecular weight is 513 g/mol. The van der Waals surface area contributed by atoms with Crippen LogP contribution in [0.15, 0.2) is 34.9 Å². The second-order valence-corrected chi connectivity index (χ2v) is 11.5. The molecule has 0 saturated heterocycles. The second-order valence-electron chi connectivity index (χ2n) is 11.5. The van der Waals surface area contributed by atoms with Crippen molar-refractivity contribution in [2.75, 3.05) is 6.61 Å². The van der Waals surface area contributed by atoms with Gasteiger partial charge in [-0.1, -0.05) is 50.8 Å². The van der Waals surface area contributed by atoms with E-state index in [2.05, 4.69) is 0 Å². The number of rotatable bonds is 9. The number of ketones is 2. The molecular weight excluding hydrogens is 472 g/mol. The molecule has 4 rings (SSSR count). The molecule has 37 heavy (non-hydrogen) atoms. The highest BCUT2D eigenvalue weighted by Gasteiger charge is 2.67. The summed E-state index contributed by atoms with van der Waals surface area (Å²) in [5.74, 6) is -1.42. The predicted octanol–water partition coefficient (Wildman–Crippen LogP) is 4.71.